The van der Waals surface area contributed by atoms with Gasteiger partial charge >= 0.3 is 0 Å². The summed E-state index contributed by atoms with van der Waals surface area (Å²) in [7, 11) is 1.69. The number of ether oxygens (including phenoxy) is 1. The third kappa shape index (κ3) is 4.17. The zero-order valence-corrected chi connectivity index (χ0v) is 10.7. The van der Waals surface area contributed by atoms with Gasteiger partial charge in [-0.3, -0.25) is 4.79 Å². The van der Waals surface area contributed by atoms with Crippen LogP contribution in [-0.4, -0.2) is 30.2 Å². The highest BCUT2D eigenvalue weighted by Crippen LogP contribution is 2.08. The summed E-state index contributed by atoms with van der Waals surface area (Å²) in [6.07, 6.45) is 3.41. The van der Waals surface area contributed by atoms with E-state index in [2.05, 4.69) is 15.3 Å². The quantitative estimate of drug-likeness (QED) is 0.610. The molecule has 15 heavy (non-hydrogen) atoms. The highest BCUT2D eigenvalue weighted by atomic mass is 127. The Morgan fingerprint density at radius 2 is 2.40 bits per heavy atom. The molecule has 0 atom stereocenters. The Hall–Kier alpha value is -0.630. The van der Waals surface area contributed by atoms with Crippen molar-refractivity contribution in [2.45, 2.75) is 12.8 Å². The van der Waals surface area contributed by atoms with Crippen molar-refractivity contribution in [3.05, 3.63) is 20.3 Å². The minimum absolute atomic E-state index is 0.106. The average Bonchev–Trinajstić information content (AvgIpc) is 2.24. The molecule has 0 fully saturated rings. The molecule has 84 valence electrons. The molecule has 0 unspecified atom stereocenters. The van der Waals surface area contributed by atoms with Gasteiger partial charge in [0.25, 0.3) is 5.56 Å². The number of nitrogens with one attached hydrogen (secondary N) is 2. The molecule has 0 aliphatic heterocycles. The first-order valence-electron chi connectivity index (χ1n) is 4.71. The Bertz CT molecular complexity index is 353. The van der Waals surface area contributed by atoms with Gasteiger partial charge in [-0.25, -0.2) is 4.98 Å². The smallest absolute Gasteiger partial charge is 0.266 e. The van der Waals surface area contributed by atoms with Gasteiger partial charge < -0.3 is 15.0 Å². The lowest BCUT2D eigenvalue weighted by atomic mass is 10.3. The summed E-state index contributed by atoms with van der Waals surface area (Å²) >= 11 is 1.98. The number of nitrogens with zero attached hydrogens (tertiary/aromatic N) is 1. The van der Waals surface area contributed by atoms with Crippen molar-refractivity contribution >= 4 is 28.4 Å². The van der Waals surface area contributed by atoms with E-state index in [1.54, 1.807) is 7.11 Å². The minimum Gasteiger partial charge on any atom is -0.385 e. The lowest BCUT2D eigenvalue weighted by Crippen LogP contribution is -2.15. The SMILES string of the molecule is COCCCCNc1nc[nH]c(=O)c1I. The van der Waals surface area contributed by atoms with Gasteiger partial charge in [-0.15, -0.1) is 0 Å². The first-order valence-corrected chi connectivity index (χ1v) is 5.79. The second-order valence-electron chi connectivity index (χ2n) is 3.02. The Labute approximate surface area is 102 Å². The number of rotatable bonds is 6. The number of unbranched alkanes of at least 4 members (excludes halogenated alkanes) is 1. The molecule has 6 heteroatoms. The Balaban J connectivity index is 2.38. The van der Waals surface area contributed by atoms with Crippen LogP contribution in [0.25, 0.3) is 0 Å². The molecule has 2 N–H and O–H groups in total. The number of H-pyrrole nitrogens is 1. The average molecular weight is 323 g/mol. The lowest BCUT2D eigenvalue weighted by Gasteiger charge is -2.05. The van der Waals surface area contributed by atoms with E-state index >= 15 is 0 Å². The summed E-state index contributed by atoms with van der Waals surface area (Å²) in [4.78, 5) is 17.8. The van der Waals surface area contributed by atoms with Crippen molar-refractivity contribution in [3.8, 4) is 0 Å². The maximum absolute atomic E-state index is 11.2. The van der Waals surface area contributed by atoms with Crippen LogP contribution in [0.4, 0.5) is 5.82 Å². The number of hydrogen-bond donors (Lipinski definition) is 2. The van der Waals surface area contributed by atoms with E-state index in [1.807, 2.05) is 22.6 Å². The molecule has 0 saturated heterocycles. The van der Waals surface area contributed by atoms with Crippen molar-refractivity contribution in [1.29, 1.82) is 0 Å². The molecule has 1 heterocycles. The fraction of sp³-hybridized carbons (Fsp3) is 0.556. The third-order valence-corrected chi connectivity index (χ3v) is 2.87. The van der Waals surface area contributed by atoms with E-state index in [4.69, 9.17) is 4.74 Å². The van der Waals surface area contributed by atoms with Crippen LogP contribution >= 0.6 is 22.6 Å². The van der Waals surface area contributed by atoms with Gasteiger partial charge in [0.2, 0.25) is 0 Å². The van der Waals surface area contributed by atoms with Crippen LogP contribution in [0.2, 0.25) is 0 Å². The summed E-state index contributed by atoms with van der Waals surface area (Å²) in [6, 6.07) is 0. The van der Waals surface area contributed by atoms with Gasteiger partial charge in [-0.1, -0.05) is 0 Å². The topological polar surface area (TPSA) is 67.0 Å². The normalized spacial score (nSPS) is 10.3. The van der Waals surface area contributed by atoms with Crippen LogP contribution in [0.5, 0.6) is 0 Å². The number of hydrogen-bond acceptors (Lipinski definition) is 4. The molecular weight excluding hydrogens is 309 g/mol. The summed E-state index contributed by atoms with van der Waals surface area (Å²) in [5.41, 5.74) is -0.106. The molecule has 0 spiro atoms. The van der Waals surface area contributed by atoms with E-state index in [0.29, 0.717) is 9.39 Å². The fourth-order valence-electron chi connectivity index (χ4n) is 1.08. The fourth-order valence-corrected chi connectivity index (χ4v) is 1.57. The molecule has 1 rings (SSSR count). The monoisotopic (exact) mass is 323 g/mol. The van der Waals surface area contributed by atoms with E-state index < -0.39 is 0 Å². The molecule has 1 aromatic heterocycles. The van der Waals surface area contributed by atoms with Gasteiger partial charge in [-0.2, -0.15) is 0 Å². The zero-order chi connectivity index (χ0) is 11.1. The summed E-state index contributed by atoms with van der Waals surface area (Å²) in [6.45, 7) is 1.57. The first kappa shape index (κ1) is 12.4. The van der Waals surface area contributed by atoms with Gasteiger partial charge in [0, 0.05) is 20.3 Å². The minimum atomic E-state index is -0.106. The molecule has 0 aliphatic rings. The van der Waals surface area contributed by atoms with Crippen molar-refractivity contribution in [3.63, 3.8) is 0 Å². The largest absolute Gasteiger partial charge is 0.385 e. The van der Waals surface area contributed by atoms with E-state index in [9.17, 15) is 4.79 Å². The van der Waals surface area contributed by atoms with Gasteiger partial charge in [0.1, 0.15) is 9.39 Å². The highest BCUT2D eigenvalue weighted by molar-refractivity contribution is 14.1. The molecule has 0 saturated carbocycles. The molecule has 0 radical (unpaired) electrons. The molecule has 1 aromatic rings. The predicted octanol–water partition coefficient (Wildman–Crippen LogP) is 1.21. The molecule has 0 aromatic carbocycles. The third-order valence-electron chi connectivity index (χ3n) is 1.86. The first-order chi connectivity index (χ1) is 7.25. The lowest BCUT2D eigenvalue weighted by molar-refractivity contribution is 0.194. The molecule has 5 nitrogen and oxygen atoms in total. The highest BCUT2D eigenvalue weighted by Gasteiger charge is 2.03. The maximum atomic E-state index is 11.2. The maximum Gasteiger partial charge on any atom is 0.266 e. The van der Waals surface area contributed by atoms with Crippen LogP contribution in [0.15, 0.2) is 11.1 Å². The summed E-state index contributed by atoms with van der Waals surface area (Å²) in [5.74, 6) is 0.650. The number of anilines is 1. The molecule has 0 aliphatic carbocycles. The second-order valence-corrected chi connectivity index (χ2v) is 4.10. The Kier molecular flexibility index (Phi) is 5.62. The van der Waals surface area contributed by atoms with Crippen LogP contribution < -0.4 is 10.9 Å². The second kappa shape index (κ2) is 6.78. The van der Waals surface area contributed by atoms with Crippen LogP contribution in [0.1, 0.15) is 12.8 Å². The van der Waals surface area contributed by atoms with E-state index in [-0.39, 0.29) is 5.56 Å². The van der Waals surface area contributed by atoms with Gasteiger partial charge in [0.15, 0.2) is 0 Å². The number of halogens is 1. The van der Waals surface area contributed by atoms with Gasteiger partial charge in [-0.05, 0) is 35.4 Å². The van der Waals surface area contributed by atoms with Crippen molar-refractivity contribution in [2.75, 3.05) is 25.6 Å². The molecule has 0 amide bonds. The Morgan fingerprint density at radius 1 is 1.60 bits per heavy atom. The standard InChI is InChI=1S/C9H14IN3O2/c1-15-5-3-2-4-11-8-7(10)9(14)13-6-12-8/h6H,2-5H2,1H3,(H2,11,12,13,14). The van der Waals surface area contributed by atoms with Crippen molar-refractivity contribution in [1.82, 2.24) is 9.97 Å². The van der Waals surface area contributed by atoms with E-state index in [1.165, 1.54) is 6.33 Å². The number of aromatic amines is 1. The number of aromatic nitrogens is 2. The summed E-state index contributed by atoms with van der Waals surface area (Å²) < 4.78 is 5.54. The Morgan fingerprint density at radius 3 is 3.13 bits per heavy atom. The van der Waals surface area contributed by atoms with Crippen LogP contribution in [0, 0.1) is 3.57 Å². The van der Waals surface area contributed by atoms with Gasteiger partial charge in [0.05, 0.1) is 6.33 Å². The van der Waals surface area contributed by atoms with Crippen LogP contribution in [0.3, 0.4) is 0 Å². The summed E-state index contributed by atoms with van der Waals surface area (Å²) in [5, 5.41) is 3.12. The van der Waals surface area contributed by atoms with Crippen LogP contribution in [-0.2, 0) is 4.74 Å². The van der Waals surface area contributed by atoms with E-state index in [0.717, 1.165) is 26.0 Å². The molecular formula is C9H14IN3O2. The predicted molar refractivity (Wildman–Crippen MR) is 67.2 cm³/mol. The zero-order valence-electron chi connectivity index (χ0n) is 8.55. The van der Waals surface area contributed by atoms with Crippen molar-refractivity contribution in [2.24, 2.45) is 0 Å². The molecule has 0 bridgehead atoms. The number of methoxy groups -OCH3 is 1. The van der Waals surface area contributed by atoms with Crippen molar-refractivity contribution < 1.29 is 4.74 Å².